The Balaban J connectivity index is 1.18. The molecule has 5 rings (SSSR count). The number of amides is 3. The number of ether oxygens (including phenoxy) is 3. The molecule has 0 aliphatic carbocycles. The van der Waals surface area contributed by atoms with Gasteiger partial charge in [-0.25, -0.2) is 0 Å². The molecular weight excluding hydrogens is 468 g/mol. The van der Waals surface area contributed by atoms with E-state index in [1.165, 1.54) is 0 Å². The SMILES string of the molecule is O=C(CN1C(=O)S/C(=C\c2ccc(OCc3ccc4c(c3)OCO4)cc2)C1=O)Nc1ccccc1. The number of anilines is 1. The van der Waals surface area contributed by atoms with E-state index in [-0.39, 0.29) is 18.2 Å². The van der Waals surface area contributed by atoms with Crippen molar-refractivity contribution in [1.82, 2.24) is 4.90 Å². The standard InChI is InChI=1S/C26H20N2O6S/c29-24(27-19-4-2-1-3-5-19)14-28-25(30)23(35-26(28)31)13-17-6-9-20(10-7-17)32-15-18-8-11-21-22(12-18)34-16-33-21/h1-13H,14-16H2,(H,27,29)/b23-13-. The summed E-state index contributed by atoms with van der Waals surface area (Å²) in [6.45, 7) is 0.241. The average Bonchev–Trinajstić information content (AvgIpc) is 3.44. The highest BCUT2D eigenvalue weighted by molar-refractivity contribution is 8.18. The fourth-order valence-electron chi connectivity index (χ4n) is 3.51. The van der Waals surface area contributed by atoms with E-state index in [0.717, 1.165) is 33.5 Å². The molecule has 2 aliphatic rings. The number of hydrogen-bond acceptors (Lipinski definition) is 7. The summed E-state index contributed by atoms with van der Waals surface area (Å²) in [6, 6.07) is 21.7. The molecule has 9 heteroatoms. The van der Waals surface area contributed by atoms with E-state index in [4.69, 9.17) is 14.2 Å². The molecule has 2 heterocycles. The van der Waals surface area contributed by atoms with Crippen LogP contribution in [-0.4, -0.2) is 35.3 Å². The number of benzene rings is 3. The lowest BCUT2D eigenvalue weighted by Gasteiger charge is -2.12. The van der Waals surface area contributed by atoms with Gasteiger partial charge in [0, 0.05) is 5.69 Å². The second-order valence-electron chi connectivity index (χ2n) is 7.73. The maximum Gasteiger partial charge on any atom is 0.294 e. The summed E-state index contributed by atoms with van der Waals surface area (Å²) in [5.41, 5.74) is 2.28. The maximum absolute atomic E-state index is 12.7. The lowest BCUT2D eigenvalue weighted by molar-refractivity contribution is -0.127. The number of carbonyl (C=O) groups is 3. The summed E-state index contributed by atoms with van der Waals surface area (Å²) < 4.78 is 16.5. The van der Waals surface area contributed by atoms with Gasteiger partial charge in [-0.15, -0.1) is 0 Å². The summed E-state index contributed by atoms with van der Waals surface area (Å²) in [4.78, 5) is 38.5. The molecule has 0 bridgehead atoms. The normalized spacial score (nSPS) is 15.5. The number of fused-ring (bicyclic) bond motifs is 1. The highest BCUT2D eigenvalue weighted by atomic mass is 32.2. The minimum absolute atomic E-state index is 0.224. The minimum atomic E-state index is -0.494. The fraction of sp³-hybridized carbons (Fsp3) is 0.115. The van der Waals surface area contributed by atoms with Crippen LogP contribution in [0.5, 0.6) is 17.2 Å². The highest BCUT2D eigenvalue weighted by Gasteiger charge is 2.36. The van der Waals surface area contributed by atoms with E-state index in [2.05, 4.69) is 5.32 Å². The van der Waals surface area contributed by atoms with Crippen molar-refractivity contribution in [3.8, 4) is 17.2 Å². The zero-order valence-electron chi connectivity index (χ0n) is 18.4. The first-order chi connectivity index (χ1) is 17.0. The molecule has 1 saturated heterocycles. The summed E-state index contributed by atoms with van der Waals surface area (Å²) in [6.07, 6.45) is 1.63. The zero-order valence-corrected chi connectivity index (χ0v) is 19.2. The summed E-state index contributed by atoms with van der Waals surface area (Å²) >= 11 is 0.812. The van der Waals surface area contributed by atoms with Gasteiger partial charge in [0.05, 0.1) is 4.91 Å². The van der Waals surface area contributed by atoms with Gasteiger partial charge < -0.3 is 19.5 Å². The van der Waals surface area contributed by atoms with Crippen LogP contribution >= 0.6 is 11.8 Å². The van der Waals surface area contributed by atoms with Crippen LogP contribution in [0.3, 0.4) is 0 Å². The second kappa shape index (κ2) is 9.94. The fourth-order valence-corrected chi connectivity index (χ4v) is 4.35. The number of carbonyl (C=O) groups excluding carboxylic acids is 3. The zero-order chi connectivity index (χ0) is 24.2. The molecule has 0 atom stereocenters. The molecule has 0 aromatic heterocycles. The van der Waals surface area contributed by atoms with Crippen LogP contribution in [0.4, 0.5) is 10.5 Å². The molecule has 3 aromatic rings. The Labute approximate surface area is 205 Å². The number of nitrogens with one attached hydrogen (secondary N) is 1. The Morgan fingerprint density at radius 2 is 1.77 bits per heavy atom. The lowest BCUT2D eigenvalue weighted by atomic mass is 10.2. The van der Waals surface area contributed by atoms with Gasteiger partial charge in [0.15, 0.2) is 11.5 Å². The van der Waals surface area contributed by atoms with Crippen LogP contribution < -0.4 is 19.5 Å². The van der Waals surface area contributed by atoms with E-state index in [1.54, 1.807) is 54.6 Å². The third-order valence-electron chi connectivity index (χ3n) is 5.25. The number of rotatable bonds is 7. The molecule has 176 valence electrons. The Hall–Kier alpha value is -4.24. The van der Waals surface area contributed by atoms with Gasteiger partial charge in [0.1, 0.15) is 18.9 Å². The van der Waals surface area contributed by atoms with Gasteiger partial charge in [0.25, 0.3) is 11.1 Å². The van der Waals surface area contributed by atoms with Crippen LogP contribution in [0.2, 0.25) is 0 Å². The molecule has 1 fully saturated rings. The first-order valence-electron chi connectivity index (χ1n) is 10.8. The van der Waals surface area contributed by atoms with Gasteiger partial charge in [-0.3, -0.25) is 19.3 Å². The first-order valence-corrected chi connectivity index (χ1v) is 11.6. The van der Waals surface area contributed by atoms with Crippen molar-refractivity contribution >= 4 is 40.6 Å². The van der Waals surface area contributed by atoms with Crippen LogP contribution in [0, 0.1) is 0 Å². The van der Waals surface area contributed by atoms with Gasteiger partial charge in [0.2, 0.25) is 12.7 Å². The largest absolute Gasteiger partial charge is 0.489 e. The Morgan fingerprint density at radius 1 is 1.00 bits per heavy atom. The van der Waals surface area contributed by atoms with Crippen molar-refractivity contribution in [2.24, 2.45) is 0 Å². The monoisotopic (exact) mass is 488 g/mol. The number of nitrogens with zero attached hydrogens (tertiary/aromatic N) is 1. The quantitative estimate of drug-likeness (QED) is 0.483. The summed E-state index contributed by atoms with van der Waals surface area (Å²) in [7, 11) is 0. The number of thioether (sulfide) groups is 1. The van der Waals surface area contributed by atoms with Gasteiger partial charge >= 0.3 is 0 Å². The topological polar surface area (TPSA) is 94.2 Å². The summed E-state index contributed by atoms with van der Waals surface area (Å²) in [5, 5.41) is 2.20. The molecule has 3 amide bonds. The van der Waals surface area contributed by atoms with Crippen molar-refractivity contribution in [3.63, 3.8) is 0 Å². The molecule has 0 unspecified atom stereocenters. The molecule has 0 radical (unpaired) electrons. The van der Waals surface area contributed by atoms with Crippen LogP contribution in [0.15, 0.2) is 77.7 Å². The third-order valence-corrected chi connectivity index (χ3v) is 6.16. The van der Waals surface area contributed by atoms with Gasteiger partial charge in [-0.1, -0.05) is 36.4 Å². The van der Waals surface area contributed by atoms with Gasteiger partial charge in [-0.2, -0.15) is 0 Å². The molecule has 8 nitrogen and oxygen atoms in total. The average molecular weight is 489 g/mol. The Kier molecular flexibility index (Phi) is 6.40. The van der Waals surface area contributed by atoms with E-state index < -0.39 is 17.1 Å². The Bertz CT molecular complexity index is 1310. The molecule has 1 N–H and O–H groups in total. The van der Waals surface area contributed by atoms with Crippen molar-refractivity contribution < 1.29 is 28.6 Å². The predicted molar refractivity (Wildman–Crippen MR) is 131 cm³/mol. The van der Waals surface area contributed by atoms with Crippen molar-refractivity contribution in [3.05, 3.63) is 88.8 Å². The predicted octanol–water partition coefficient (Wildman–Crippen LogP) is 4.67. The van der Waals surface area contributed by atoms with Crippen LogP contribution in [-0.2, 0) is 16.2 Å². The maximum atomic E-state index is 12.7. The van der Waals surface area contributed by atoms with Crippen molar-refractivity contribution in [2.45, 2.75) is 6.61 Å². The van der Waals surface area contributed by atoms with Gasteiger partial charge in [-0.05, 0) is 65.4 Å². The smallest absolute Gasteiger partial charge is 0.294 e. The number of hydrogen-bond donors (Lipinski definition) is 1. The molecule has 0 spiro atoms. The minimum Gasteiger partial charge on any atom is -0.489 e. The highest BCUT2D eigenvalue weighted by Crippen LogP contribution is 2.34. The van der Waals surface area contributed by atoms with Crippen LogP contribution in [0.1, 0.15) is 11.1 Å². The number of para-hydroxylation sites is 1. The molecule has 3 aromatic carbocycles. The van der Waals surface area contributed by atoms with E-state index in [0.29, 0.717) is 23.8 Å². The number of imide groups is 1. The molecule has 35 heavy (non-hydrogen) atoms. The third kappa shape index (κ3) is 5.30. The second-order valence-corrected chi connectivity index (χ2v) is 8.72. The summed E-state index contributed by atoms with van der Waals surface area (Å²) in [5.74, 6) is 1.15. The van der Waals surface area contributed by atoms with E-state index in [9.17, 15) is 14.4 Å². The van der Waals surface area contributed by atoms with E-state index in [1.807, 2.05) is 24.3 Å². The Morgan fingerprint density at radius 3 is 2.57 bits per heavy atom. The first kappa shape index (κ1) is 22.5. The molecular formula is C26H20N2O6S. The van der Waals surface area contributed by atoms with Crippen LogP contribution in [0.25, 0.3) is 6.08 Å². The molecule has 0 saturated carbocycles. The molecule has 2 aliphatic heterocycles. The van der Waals surface area contributed by atoms with Crippen molar-refractivity contribution in [2.75, 3.05) is 18.7 Å². The van der Waals surface area contributed by atoms with E-state index >= 15 is 0 Å². The van der Waals surface area contributed by atoms with Crippen molar-refractivity contribution in [1.29, 1.82) is 0 Å². The lowest BCUT2D eigenvalue weighted by Crippen LogP contribution is -2.36.